The van der Waals surface area contributed by atoms with E-state index in [1.165, 1.54) is 10.8 Å². The molecule has 0 amide bonds. The third kappa shape index (κ3) is 2.54. The topological polar surface area (TPSA) is 29.0 Å². The number of hydrogen-bond acceptors (Lipinski definition) is 3. The lowest BCUT2D eigenvalue weighted by Gasteiger charge is -2.26. The van der Waals surface area contributed by atoms with Gasteiger partial charge in [-0.25, -0.2) is 9.97 Å². The van der Waals surface area contributed by atoms with Crippen LogP contribution in [0.2, 0.25) is 0 Å². The Morgan fingerprint density at radius 2 is 1.68 bits per heavy atom. The van der Waals surface area contributed by atoms with E-state index in [9.17, 15) is 0 Å². The molecular weight excluding hydrogens is 270 g/mol. The fourth-order valence-electron chi connectivity index (χ4n) is 2.96. The molecule has 0 atom stereocenters. The fraction of sp³-hybridized carbons (Fsp3) is 0.211. The molecule has 1 aromatic heterocycles. The smallest absolute Gasteiger partial charge is 0.225 e. The number of nitrogens with zero attached hydrogens (tertiary/aromatic N) is 3. The summed E-state index contributed by atoms with van der Waals surface area (Å²) < 4.78 is 0. The lowest BCUT2D eigenvalue weighted by Crippen LogP contribution is -2.31. The lowest BCUT2D eigenvalue weighted by atomic mass is 10.1. The van der Waals surface area contributed by atoms with Gasteiger partial charge in [0.05, 0.1) is 5.69 Å². The highest BCUT2D eigenvalue weighted by Gasteiger charge is 2.14. The third-order valence-electron chi connectivity index (χ3n) is 4.18. The Hall–Kier alpha value is -2.42. The molecule has 3 heteroatoms. The van der Waals surface area contributed by atoms with Crippen molar-refractivity contribution in [1.29, 1.82) is 0 Å². The summed E-state index contributed by atoms with van der Waals surface area (Å²) in [6.45, 7) is 2.03. The van der Waals surface area contributed by atoms with E-state index in [1.54, 1.807) is 0 Å². The number of rotatable bonds is 2. The third-order valence-corrected chi connectivity index (χ3v) is 4.18. The molecule has 0 aliphatic carbocycles. The Morgan fingerprint density at radius 3 is 2.55 bits per heavy atom. The van der Waals surface area contributed by atoms with Crippen LogP contribution in [0, 0.1) is 6.42 Å². The summed E-state index contributed by atoms with van der Waals surface area (Å²) in [6.07, 6.45) is 6.43. The molecule has 1 aliphatic rings. The second kappa shape index (κ2) is 5.76. The van der Waals surface area contributed by atoms with Gasteiger partial charge < -0.3 is 4.90 Å². The Balaban J connectivity index is 1.71. The minimum atomic E-state index is 0.846. The maximum atomic E-state index is 4.77. The van der Waals surface area contributed by atoms with Crippen molar-refractivity contribution in [1.82, 2.24) is 9.97 Å². The van der Waals surface area contributed by atoms with Crippen molar-refractivity contribution < 1.29 is 0 Å². The van der Waals surface area contributed by atoms with Gasteiger partial charge in [0.2, 0.25) is 5.95 Å². The Bertz CT molecular complexity index is 791. The van der Waals surface area contributed by atoms with Crippen LogP contribution >= 0.6 is 0 Å². The van der Waals surface area contributed by atoms with Crippen molar-refractivity contribution in [2.24, 2.45) is 0 Å². The molecule has 0 spiro atoms. The van der Waals surface area contributed by atoms with Crippen LogP contribution in [0.4, 0.5) is 5.95 Å². The first-order valence-corrected chi connectivity index (χ1v) is 7.79. The molecule has 2 heterocycles. The highest BCUT2D eigenvalue weighted by atomic mass is 15.2. The quantitative estimate of drug-likeness (QED) is 0.711. The van der Waals surface area contributed by atoms with Gasteiger partial charge >= 0.3 is 0 Å². The normalized spacial score (nSPS) is 15.2. The minimum absolute atomic E-state index is 0.846. The van der Waals surface area contributed by atoms with Crippen LogP contribution in [-0.4, -0.2) is 23.1 Å². The molecule has 0 N–H and O–H groups in total. The monoisotopic (exact) mass is 288 g/mol. The number of hydrogen-bond donors (Lipinski definition) is 0. The van der Waals surface area contributed by atoms with Crippen molar-refractivity contribution in [3.8, 4) is 11.3 Å². The molecule has 1 aliphatic heterocycles. The van der Waals surface area contributed by atoms with Crippen LogP contribution in [0.25, 0.3) is 22.0 Å². The fourth-order valence-corrected chi connectivity index (χ4v) is 2.96. The first kappa shape index (κ1) is 13.3. The summed E-state index contributed by atoms with van der Waals surface area (Å²) in [4.78, 5) is 11.5. The predicted octanol–water partition coefficient (Wildman–Crippen LogP) is 4.10. The van der Waals surface area contributed by atoms with Crippen molar-refractivity contribution in [2.75, 3.05) is 18.0 Å². The summed E-state index contributed by atoms with van der Waals surface area (Å²) in [6, 6.07) is 16.9. The molecular formula is C19H18N3. The molecule has 4 rings (SSSR count). The molecule has 1 radical (unpaired) electrons. The number of fused-ring (bicyclic) bond motifs is 1. The molecule has 0 saturated carbocycles. The van der Waals surface area contributed by atoms with Gasteiger partial charge in [0.1, 0.15) is 0 Å². The summed E-state index contributed by atoms with van der Waals surface area (Å²) in [5, 5.41) is 2.50. The molecule has 0 bridgehead atoms. The number of benzene rings is 2. The number of aromatic nitrogens is 2. The van der Waals surface area contributed by atoms with Gasteiger partial charge in [0.15, 0.2) is 0 Å². The molecule has 109 valence electrons. The average molecular weight is 288 g/mol. The molecule has 3 nitrogen and oxygen atoms in total. The van der Waals surface area contributed by atoms with Crippen molar-refractivity contribution in [3.05, 3.63) is 61.1 Å². The Morgan fingerprint density at radius 1 is 0.864 bits per heavy atom. The van der Waals surface area contributed by atoms with Crippen LogP contribution in [0.1, 0.15) is 12.8 Å². The maximum Gasteiger partial charge on any atom is 0.225 e. The second-order valence-electron chi connectivity index (χ2n) is 5.66. The van der Waals surface area contributed by atoms with Gasteiger partial charge in [-0.3, -0.25) is 0 Å². The SMILES string of the molecule is [CH]1CCN(c2nccc(-c3ccc4ccccc4c3)n2)CC1. The van der Waals surface area contributed by atoms with Gasteiger partial charge in [-0.05, 0) is 42.2 Å². The van der Waals surface area contributed by atoms with Gasteiger partial charge in [-0.2, -0.15) is 0 Å². The van der Waals surface area contributed by atoms with E-state index in [4.69, 9.17) is 4.98 Å². The van der Waals surface area contributed by atoms with E-state index in [2.05, 4.69) is 58.8 Å². The van der Waals surface area contributed by atoms with Gasteiger partial charge in [0.25, 0.3) is 0 Å². The first-order chi connectivity index (χ1) is 10.9. The summed E-state index contributed by atoms with van der Waals surface area (Å²) >= 11 is 0. The van der Waals surface area contributed by atoms with E-state index in [0.717, 1.165) is 43.1 Å². The standard InChI is InChI=1S/C19H18N3/c1-4-12-22(13-5-1)19-20-11-10-18(21-19)17-9-8-15-6-2-3-7-16(15)14-17/h1-3,6-11,14H,4-5,12-13H2. The van der Waals surface area contributed by atoms with Crippen LogP contribution in [0.15, 0.2) is 54.7 Å². The predicted molar refractivity (Wildman–Crippen MR) is 90.7 cm³/mol. The van der Waals surface area contributed by atoms with Crippen LogP contribution in [0.5, 0.6) is 0 Å². The van der Waals surface area contributed by atoms with Crippen molar-refractivity contribution in [3.63, 3.8) is 0 Å². The van der Waals surface area contributed by atoms with Crippen LogP contribution < -0.4 is 4.90 Å². The zero-order valence-electron chi connectivity index (χ0n) is 12.4. The molecule has 22 heavy (non-hydrogen) atoms. The molecule has 1 saturated heterocycles. The Labute approximate surface area is 130 Å². The van der Waals surface area contributed by atoms with E-state index < -0.39 is 0 Å². The summed E-state index contributed by atoms with van der Waals surface area (Å²) in [5.41, 5.74) is 2.14. The number of piperidine rings is 1. The Kier molecular flexibility index (Phi) is 3.47. The van der Waals surface area contributed by atoms with Crippen molar-refractivity contribution >= 4 is 16.7 Å². The minimum Gasteiger partial charge on any atom is -0.341 e. The van der Waals surface area contributed by atoms with E-state index in [-0.39, 0.29) is 0 Å². The zero-order valence-corrected chi connectivity index (χ0v) is 12.4. The second-order valence-corrected chi connectivity index (χ2v) is 5.66. The first-order valence-electron chi connectivity index (χ1n) is 7.79. The molecule has 3 aromatic rings. The molecule has 2 aromatic carbocycles. The largest absolute Gasteiger partial charge is 0.341 e. The van der Waals surface area contributed by atoms with E-state index in [0.29, 0.717) is 0 Å². The average Bonchev–Trinajstić information content (AvgIpc) is 2.62. The summed E-state index contributed by atoms with van der Waals surface area (Å²) in [7, 11) is 0. The maximum absolute atomic E-state index is 4.77. The van der Waals surface area contributed by atoms with Gasteiger partial charge in [0, 0.05) is 24.8 Å². The van der Waals surface area contributed by atoms with Crippen LogP contribution in [0.3, 0.4) is 0 Å². The highest BCUT2D eigenvalue weighted by Crippen LogP contribution is 2.24. The van der Waals surface area contributed by atoms with Crippen LogP contribution in [-0.2, 0) is 0 Å². The van der Waals surface area contributed by atoms with E-state index in [1.807, 2.05) is 12.3 Å². The summed E-state index contributed by atoms with van der Waals surface area (Å²) in [5.74, 6) is 0.846. The highest BCUT2D eigenvalue weighted by molar-refractivity contribution is 5.86. The molecule has 0 unspecified atom stereocenters. The van der Waals surface area contributed by atoms with E-state index >= 15 is 0 Å². The number of anilines is 1. The molecule has 1 fully saturated rings. The lowest BCUT2D eigenvalue weighted by molar-refractivity contribution is 0.662. The van der Waals surface area contributed by atoms with Gasteiger partial charge in [-0.1, -0.05) is 36.4 Å². The zero-order chi connectivity index (χ0) is 14.8. The van der Waals surface area contributed by atoms with Gasteiger partial charge in [-0.15, -0.1) is 0 Å². The van der Waals surface area contributed by atoms with Crippen molar-refractivity contribution in [2.45, 2.75) is 12.8 Å².